The highest BCUT2D eigenvalue weighted by atomic mass is 32.2. The molecular formula is C20H13N3O4S. The Morgan fingerprint density at radius 1 is 1.04 bits per heavy atom. The molecule has 1 aromatic heterocycles. The van der Waals surface area contributed by atoms with Crippen molar-refractivity contribution < 1.29 is 14.1 Å². The zero-order valence-electron chi connectivity index (χ0n) is 14.4. The number of nitrogens with zero attached hydrogens (tertiary/aromatic N) is 2. The molecule has 8 heteroatoms. The second-order valence-electron chi connectivity index (χ2n) is 5.82. The van der Waals surface area contributed by atoms with Gasteiger partial charge in [-0.2, -0.15) is 0 Å². The highest BCUT2D eigenvalue weighted by Gasteiger charge is 2.24. The van der Waals surface area contributed by atoms with Crippen LogP contribution in [0.25, 0.3) is 17.4 Å². The summed E-state index contributed by atoms with van der Waals surface area (Å²) in [5.74, 6) is 0.822. The summed E-state index contributed by atoms with van der Waals surface area (Å²) in [6.45, 7) is 0. The maximum Gasteiger partial charge on any atom is 0.269 e. The second kappa shape index (κ2) is 7.53. The Hall–Kier alpha value is -3.65. The van der Waals surface area contributed by atoms with Crippen molar-refractivity contribution >= 4 is 40.3 Å². The number of hydrogen-bond donors (Lipinski definition) is 1. The number of thioether (sulfide) groups is 1. The van der Waals surface area contributed by atoms with Crippen LogP contribution < -0.4 is 5.32 Å². The number of carbonyl (C=O) groups excluding carboxylic acids is 1. The van der Waals surface area contributed by atoms with Crippen LogP contribution in [0.5, 0.6) is 0 Å². The number of benzene rings is 2. The Kier molecular flexibility index (Phi) is 4.77. The molecule has 0 unspecified atom stereocenters. The minimum atomic E-state index is -0.452. The molecule has 7 nitrogen and oxygen atoms in total. The van der Waals surface area contributed by atoms with E-state index in [1.165, 1.54) is 23.9 Å². The van der Waals surface area contributed by atoms with Gasteiger partial charge in [0.2, 0.25) is 0 Å². The standard InChI is InChI=1S/C20H13N3O4S/c24-19-18(28-20(22-19)21-14-4-2-1-3-5-14)12-16-10-11-17(27-16)13-6-8-15(9-7-13)23(25)26/h1-12H,(H,21,22,24)/b18-12+. The van der Waals surface area contributed by atoms with Gasteiger partial charge in [0.25, 0.3) is 11.6 Å². The van der Waals surface area contributed by atoms with Crippen LogP contribution in [0.3, 0.4) is 0 Å². The van der Waals surface area contributed by atoms with Crippen molar-refractivity contribution in [1.82, 2.24) is 5.32 Å². The molecule has 1 aliphatic heterocycles. The van der Waals surface area contributed by atoms with Crippen molar-refractivity contribution in [2.45, 2.75) is 0 Å². The fourth-order valence-corrected chi connectivity index (χ4v) is 3.38. The summed E-state index contributed by atoms with van der Waals surface area (Å²) in [6, 6.07) is 18.9. The maximum atomic E-state index is 12.2. The second-order valence-corrected chi connectivity index (χ2v) is 6.85. The summed E-state index contributed by atoms with van der Waals surface area (Å²) in [6.07, 6.45) is 1.64. The maximum absolute atomic E-state index is 12.2. The average molecular weight is 391 g/mol. The van der Waals surface area contributed by atoms with E-state index in [4.69, 9.17) is 4.42 Å². The van der Waals surface area contributed by atoms with Gasteiger partial charge in [-0.15, -0.1) is 0 Å². The minimum absolute atomic E-state index is 0.0157. The fraction of sp³-hybridized carbons (Fsp3) is 0. The highest BCUT2D eigenvalue weighted by Crippen LogP contribution is 2.30. The van der Waals surface area contributed by atoms with Gasteiger partial charge in [-0.25, -0.2) is 4.99 Å². The van der Waals surface area contributed by atoms with Gasteiger partial charge in [0.05, 0.1) is 15.5 Å². The first-order chi connectivity index (χ1) is 13.6. The van der Waals surface area contributed by atoms with Crippen LogP contribution in [0.4, 0.5) is 11.4 Å². The lowest BCUT2D eigenvalue weighted by atomic mass is 10.1. The van der Waals surface area contributed by atoms with Crippen LogP contribution in [0.2, 0.25) is 0 Å². The highest BCUT2D eigenvalue weighted by molar-refractivity contribution is 8.18. The third-order valence-electron chi connectivity index (χ3n) is 3.90. The molecule has 1 aliphatic rings. The van der Waals surface area contributed by atoms with Crippen molar-refractivity contribution in [3.8, 4) is 11.3 Å². The van der Waals surface area contributed by atoms with E-state index in [1.54, 1.807) is 30.3 Å². The van der Waals surface area contributed by atoms with E-state index < -0.39 is 4.92 Å². The van der Waals surface area contributed by atoms with Gasteiger partial charge in [0.15, 0.2) is 5.17 Å². The fourth-order valence-electron chi connectivity index (χ4n) is 2.56. The van der Waals surface area contributed by atoms with Crippen LogP contribution in [0.1, 0.15) is 5.76 Å². The van der Waals surface area contributed by atoms with Gasteiger partial charge in [0, 0.05) is 23.8 Å². The molecule has 2 aromatic carbocycles. The molecule has 1 N–H and O–H groups in total. The number of rotatable bonds is 4. The smallest absolute Gasteiger partial charge is 0.269 e. The van der Waals surface area contributed by atoms with Gasteiger partial charge >= 0.3 is 0 Å². The number of nitrogens with one attached hydrogen (secondary N) is 1. The Balaban J connectivity index is 1.53. The topological polar surface area (TPSA) is 97.7 Å². The van der Waals surface area contributed by atoms with Crippen molar-refractivity contribution in [3.63, 3.8) is 0 Å². The van der Waals surface area contributed by atoms with Crippen LogP contribution in [-0.4, -0.2) is 16.0 Å². The molecule has 0 radical (unpaired) electrons. The first kappa shape index (κ1) is 17.7. The molecular weight excluding hydrogens is 378 g/mol. The Morgan fingerprint density at radius 2 is 1.79 bits per heavy atom. The summed E-state index contributed by atoms with van der Waals surface area (Å²) in [7, 11) is 0. The Morgan fingerprint density at radius 3 is 2.50 bits per heavy atom. The Labute approximate surface area is 163 Å². The zero-order valence-corrected chi connectivity index (χ0v) is 15.2. The molecule has 0 spiro atoms. The van der Waals surface area contributed by atoms with Crippen LogP contribution in [-0.2, 0) is 4.79 Å². The molecule has 1 saturated heterocycles. The van der Waals surface area contributed by atoms with Crippen molar-refractivity contribution in [3.05, 3.63) is 87.5 Å². The number of para-hydroxylation sites is 1. The number of amidine groups is 1. The number of nitro groups is 1. The van der Waals surface area contributed by atoms with Crippen LogP contribution >= 0.6 is 11.8 Å². The first-order valence-corrected chi connectivity index (χ1v) is 9.09. The largest absolute Gasteiger partial charge is 0.457 e. The molecule has 4 rings (SSSR count). The predicted molar refractivity (Wildman–Crippen MR) is 108 cm³/mol. The van der Waals surface area contributed by atoms with Crippen molar-refractivity contribution in [2.75, 3.05) is 0 Å². The molecule has 0 atom stereocenters. The van der Waals surface area contributed by atoms with E-state index in [0.717, 1.165) is 5.69 Å². The van der Waals surface area contributed by atoms with Gasteiger partial charge in [-0.1, -0.05) is 18.2 Å². The van der Waals surface area contributed by atoms with E-state index >= 15 is 0 Å². The van der Waals surface area contributed by atoms with Gasteiger partial charge < -0.3 is 9.73 Å². The number of non-ortho nitro benzene ring substituents is 1. The summed E-state index contributed by atoms with van der Waals surface area (Å²) in [5, 5.41) is 14.0. The van der Waals surface area contributed by atoms with E-state index in [-0.39, 0.29) is 11.6 Å². The Bertz CT molecular complexity index is 1100. The zero-order chi connectivity index (χ0) is 19.5. The van der Waals surface area contributed by atoms with E-state index in [9.17, 15) is 14.9 Å². The monoisotopic (exact) mass is 391 g/mol. The first-order valence-electron chi connectivity index (χ1n) is 8.28. The van der Waals surface area contributed by atoms with E-state index in [2.05, 4.69) is 10.3 Å². The SMILES string of the molecule is O=C1NC(=Nc2ccccc2)S/C1=C/c1ccc(-c2ccc([N+](=O)[O-])cc2)o1. The lowest BCUT2D eigenvalue weighted by Crippen LogP contribution is -2.19. The molecule has 0 saturated carbocycles. The molecule has 0 aliphatic carbocycles. The lowest BCUT2D eigenvalue weighted by molar-refractivity contribution is -0.384. The third kappa shape index (κ3) is 3.86. The number of furan rings is 1. The van der Waals surface area contributed by atoms with Crippen LogP contribution in [0.15, 0.2) is 81.0 Å². The number of hydrogen-bond acceptors (Lipinski definition) is 6. The predicted octanol–water partition coefficient (Wildman–Crippen LogP) is 4.75. The molecule has 138 valence electrons. The normalized spacial score (nSPS) is 16.5. The summed E-state index contributed by atoms with van der Waals surface area (Å²) >= 11 is 1.23. The van der Waals surface area contributed by atoms with Crippen molar-refractivity contribution in [1.29, 1.82) is 0 Å². The van der Waals surface area contributed by atoms with E-state index in [0.29, 0.717) is 27.2 Å². The molecule has 28 heavy (non-hydrogen) atoms. The minimum Gasteiger partial charge on any atom is -0.457 e. The van der Waals surface area contributed by atoms with Gasteiger partial charge in [-0.3, -0.25) is 14.9 Å². The van der Waals surface area contributed by atoms with Crippen LogP contribution in [0, 0.1) is 10.1 Å². The molecule has 0 bridgehead atoms. The summed E-state index contributed by atoms with van der Waals surface area (Å²) in [4.78, 5) is 27.3. The van der Waals surface area contributed by atoms with Gasteiger partial charge in [0.1, 0.15) is 11.5 Å². The summed E-state index contributed by atoms with van der Waals surface area (Å²) in [5.41, 5.74) is 1.48. The summed E-state index contributed by atoms with van der Waals surface area (Å²) < 4.78 is 5.75. The number of nitro benzene ring substituents is 1. The number of aliphatic imine (C=N–C) groups is 1. The molecule has 3 aromatic rings. The molecule has 2 heterocycles. The molecule has 1 amide bonds. The quantitative estimate of drug-likeness (QED) is 0.393. The molecule has 1 fully saturated rings. The van der Waals surface area contributed by atoms with E-state index in [1.807, 2.05) is 30.3 Å². The third-order valence-corrected chi connectivity index (χ3v) is 4.81. The number of amides is 1. The number of carbonyl (C=O) groups is 1. The van der Waals surface area contributed by atoms with Crippen molar-refractivity contribution in [2.24, 2.45) is 4.99 Å². The average Bonchev–Trinajstić information content (AvgIpc) is 3.30. The lowest BCUT2D eigenvalue weighted by Gasteiger charge is -1.96. The van der Waals surface area contributed by atoms with Gasteiger partial charge in [-0.05, 0) is 48.2 Å².